The van der Waals surface area contributed by atoms with Gasteiger partial charge < -0.3 is 4.84 Å². The summed E-state index contributed by atoms with van der Waals surface area (Å²) in [5.74, 6) is 0.882. The van der Waals surface area contributed by atoms with Crippen molar-refractivity contribution in [3.05, 3.63) is 35.4 Å². The molecule has 1 aromatic rings. The van der Waals surface area contributed by atoms with Gasteiger partial charge in [0.15, 0.2) is 0 Å². The van der Waals surface area contributed by atoms with Crippen molar-refractivity contribution < 1.29 is 4.84 Å². The van der Waals surface area contributed by atoms with Crippen LogP contribution in [-0.2, 0) is 10.6 Å². The number of benzene rings is 1. The normalized spacial score (nSPS) is 18.8. The average Bonchev–Trinajstić information content (AvgIpc) is 2.76. The van der Waals surface area contributed by atoms with Crippen LogP contribution >= 0.6 is 11.8 Å². The summed E-state index contributed by atoms with van der Waals surface area (Å²) in [6.07, 6.45) is 0.229. The zero-order valence-corrected chi connectivity index (χ0v) is 9.83. The molecule has 1 aromatic carbocycles. The molecule has 0 fully saturated rings. The van der Waals surface area contributed by atoms with Gasteiger partial charge in [-0.3, -0.25) is 0 Å². The molecule has 1 aliphatic rings. The Morgan fingerprint density at radius 1 is 1.56 bits per heavy atom. The number of rotatable bonds is 2. The molecule has 0 N–H and O–H groups in total. The van der Waals surface area contributed by atoms with Gasteiger partial charge in [-0.05, 0) is 18.1 Å². The minimum atomic E-state index is -0.389. The average molecular weight is 232 g/mol. The first-order valence-electron chi connectivity index (χ1n) is 5.09. The van der Waals surface area contributed by atoms with Crippen LogP contribution in [0.15, 0.2) is 29.4 Å². The van der Waals surface area contributed by atoms with Gasteiger partial charge in [-0.25, -0.2) is 0 Å². The van der Waals surface area contributed by atoms with Gasteiger partial charge in [-0.1, -0.05) is 29.4 Å². The van der Waals surface area contributed by atoms with Gasteiger partial charge in [-0.15, -0.1) is 11.8 Å². The first-order chi connectivity index (χ1) is 7.79. The van der Waals surface area contributed by atoms with Crippen molar-refractivity contribution >= 4 is 16.8 Å². The van der Waals surface area contributed by atoms with Gasteiger partial charge in [-0.2, -0.15) is 5.26 Å². The van der Waals surface area contributed by atoms with Crippen LogP contribution in [0.3, 0.4) is 0 Å². The summed E-state index contributed by atoms with van der Waals surface area (Å²) in [5, 5.41) is 13.5. The van der Waals surface area contributed by atoms with Gasteiger partial charge in [0.1, 0.15) is 11.1 Å². The molecular formula is C12H12N2OS. The van der Waals surface area contributed by atoms with E-state index in [1.165, 1.54) is 11.1 Å². The van der Waals surface area contributed by atoms with Crippen LogP contribution < -0.4 is 0 Å². The quantitative estimate of drug-likeness (QED) is 0.787. The fourth-order valence-corrected chi connectivity index (χ4v) is 2.45. The fourth-order valence-electron chi connectivity index (χ4n) is 1.44. The molecule has 0 saturated carbocycles. The number of nitriles is 1. The summed E-state index contributed by atoms with van der Waals surface area (Å²) >= 11 is 1.64. The molecule has 0 amide bonds. The highest BCUT2D eigenvalue weighted by Gasteiger charge is 2.20. The minimum absolute atomic E-state index is 0.389. The summed E-state index contributed by atoms with van der Waals surface area (Å²) in [4.78, 5) is 4.94. The van der Waals surface area contributed by atoms with Crippen LogP contribution in [0.5, 0.6) is 0 Å². The lowest BCUT2D eigenvalue weighted by molar-refractivity contribution is 0.125. The van der Waals surface area contributed by atoms with Gasteiger partial charge in [0.05, 0.1) is 6.42 Å². The van der Waals surface area contributed by atoms with E-state index in [4.69, 9.17) is 10.1 Å². The summed E-state index contributed by atoms with van der Waals surface area (Å²) in [6.45, 7) is 2.10. The standard InChI is InChI=1S/C12H12N2OS/c1-9-4-2-3-5-10(9)8-16-12-6-11(7-13)15-14-12/h2-5,11H,6,8H2,1H3. The molecule has 82 valence electrons. The smallest absolute Gasteiger partial charge is 0.218 e. The zero-order valence-electron chi connectivity index (χ0n) is 9.01. The first kappa shape index (κ1) is 11.0. The van der Waals surface area contributed by atoms with Crippen molar-refractivity contribution in [3.8, 4) is 6.07 Å². The maximum absolute atomic E-state index is 8.66. The highest BCUT2D eigenvalue weighted by Crippen LogP contribution is 2.23. The van der Waals surface area contributed by atoms with Crippen LogP contribution in [0.4, 0.5) is 0 Å². The van der Waals surface area contributed by atoms with Crippen molar-refractivity contribution in [1.29, 1.82) is 5.26 Å². The summed E-state index contributed by atoms with van der Waals surface area (Å²) in [7, 11) is 0. The van der Waals surface area contributed by atoms with Gasteiger partial charge in [0.2, 0.25) is 6.10 Å². The molecule has 16 heavy (non-hydrogen) atoms. The predicted molar refractivity (Wildman–Crippen MR) is 65.0 cm³/mol. The second-order valence-electron chi connectivity index (χ2n) is 3.63. The Morgan fingerprint density at radius 2 is 2.38 bits per heavy atom. The zero-order chi connectivity index (χ0) is 11.4. The monoisotopic (exact) mass is 232 g/mol. The molecule has 2 rings (SSSR count). The Labute approximate surface area is 99.1 Å². The molecule has 0 aromatic heterocycles. The lowest BCUT2D eigenvalue weighted by Gasteiger charge is -2.03. The number of hydrogen-bond donors (Lipinski definition) is 0. The second kappa shape index (κ2) is 5.04. The fraction of sp³-hybridized carbons (Fsp3) is 0.333. The Hall–Kier alpha value is -1.47. The number of aryl methyl sites for hydroxylation is 1. The molecule has 3 nitrogen and oxygen atoms in total. The van der Waals surface area contributed by atoms with Crippen LogP contribution in [0.2, 0.25) is 0 Å². The van der Waals surface area contributed by atoms with Crippen LogP contribution in [0, 0.1) is 18.3 Å². The molecule has 1 heterocycles. The van der Waals surface area contributed by atoms with Gasteiger partial charge >= 0.3 is 0 Å². The van der Waals surface area contributed by atoms with Crippen molar-refractivity contribution in [3.63, 3.8) is 0 Å². The predicted octanol–water partition coefficient (Wildman–Crippen LogP) is 2.85. The highest BCUT2D eigenvalue weighted by atomic mass is 32.2. The van der Waals surface area contributed by atoms with Crippen molar-refractivity contribution in [2.45, 2.75) is 25.2 Å². The van der Waals surface area contributed by atoms with E-state index >= 15 is 0 Å². The molecule has 0 bridgehead atoms. The molecule has 0 saturated heterocycles. The Balaban J connectivity index is 1.90. The summed E-state index contributed by atoms with van der Waals surface area (Å²) in [6, 6.07) is 10.3. The Bertz CT molecular complexity index is 451. The maximum atomic E-state index is 8.66. The summed E-state index contributed by atoms with van der Waals surface area (Å²) in [5.41, 5.74) is 2.59. The molecule has 0 radical (unpaired) electrons. The number of oxime groups is 1. The molecule has 1 aliphatic heterocycles. The van der Waals surface area contributed by atoms with Gasteiger partial charge in [0.25, 0.3) is 0 Å². The summed E-state index contributed by atoms with van der Waals surface area (Å²) < 4.78 is 0. The Kier molecular flexibility index (Phi) is 3.47. The van der Waals surface area contributed by atoms with E-state index in [2.05, 4.69) is 30.3 Å². The van der Waals surface area contributed by atoms with E-state index in [0.29, 0.717) is 6.42 Å². The molecule has 1 atom stereocenters. The first-order valence-corrected chi connectivity index (χ1v) is 6.08. The lowest BCUT2D eigenvalue weighted by atomic mass is 10.1. The molecule has 0 aliphatic carbocycles. The third-order valence-electron chi connectivity index (χ3n) is 2.44. The van der Waals surface area contributed by atoms with Crippen molar-refractivity contribution in [1.82, 2.24) is 0 Å². The van der Waals surface area contributed by atoms with E-state index in [9.17, 15) is 0 Å². The maximum Gasteiger partial charge on any atom is 0.218 e. The molecule has 4 heteroatoms. The van der Waals surface area contributed by atoms with Gasteiger partial charge in [0, 0.05) is 5.75 Å². The third-order valence-corrected chi connectivity index (χ3v) is 3.47. The second-order valence-corrected chi connectivity index (χ2v) is 4.68. The van der Waals surface area contributed by atoms with E-state index in [1.807, 2.05) is 12.1 Å². The SMILES string of the molecule is Cc1ccccc1CSC1=NOC(C#N)C1. The number of nitrogens with zero attached hydrogens (tertiary/aromatic N) is 2. The van der Waals surface area contributed by atoms with Crippen molar-refractivity contribution in [2.75, 3.05) is 0 Å². The van der Waals surface area contributed by atoms with Crippen LogP contribution in [0.1, 0.15) is 17.5 Å². The van der Waals surface area contributed by atoms with Crippen LogP contribution in [-0.4, -0.2) is 11.1 Å². The topological polar surface area (TPSA) is 45.4 Å². The van der Waals surface area contributed by atoms with E-state index in [0.717, 1.165) is 10.8 Å². The number of thioether (sulfide) groups is 1. The third kappa shape index (κ3) is 2.56. The number of hydrogen-bond acceptors (Lipinski definition) is 4. The van der Waals surface area contributed by atoms with E-state index < -0.39 is 0 Å². The van der Waals surface area contributed by atoms with Crippen LogP contribution in [0.25, 0.3) is 0 Å². The molecule has 0 spiro atoms. The minimum Gasteiger partial charge on any atom is -0.376 e. The molecule has 1 unspecified atom stereocenters. The van der Waals surface area contributed by atoms with E-state index in [-0.39, 0.29) is 6.10 Å². The Morgan fingerprint density at radius 3 is 3.06 bits per heavy atom. The largest absolute Gasteiger partial charge is 0.376 e. The van der Waals surface area contributed by atoms with E-state index in [1.54, 1.807) is 11.8 Å². The van der Waals surface area contributed by atoms with Crippen molar-refractivity contribution in [2.24, 2.45) is 5.16 Å². The molecular weight excluding hydrogens is 220 g/mol. The highest BCUT2D eigenvalue weighted by molar-refractivity contribution is 8.13. The lowest BCUT2D eigenvalue weighted by Crippen LogP contribution is -2.02.